The van der Waals surface area contributed by atoms with Crippen molar-refractivity contribution in [3.63, 3.8) is 0 Å². The summed E-state index contributed by atoms with van der Waals surface area (Å²) in [6.07, 6.45) is 1.41. The topological polar surface area (TPSA) is 104 Å². The van der Waals surface area contributed by atoms with Crippen molar-refractivity contribution < 1.29 is 14.7 Å². The predicted molar refractivity (Wildman–Crippen MR) is 66.6 cm³/mol. The van der Waals surface area contributed by atoms with Gasteiger partial charge in [-0.15, -0.1) is 11.3 Å². The van der Waals surface area contributed by atoms with Crippen molar-refractivity contribution >= 4 is 39.2 Å². The first kappa shape index (κ1) is 12.2. The summed E-state index contributed by atoms with van der Waals surface area (Å²) in [5, 5.41) is 16.2. The van der Waals surface area contributed by atoms with E-state index < -0.39 is 18.4 Å². The van der Waals surface area contributed by atoms with Crippen molar-refractivity contribution in [2.75, 3.05) is 18.4 Å². The monoisotopic (exact) mass is 266 g/mol. The predicted octanol–water partition coefficient (Wildman–Crippen LogP) is 0.304. The van der Waals surface area contributed by atoms with Crippen LogP contribution in [0, 0.1) is 0 Å². The molecular formula is C10H10N4O3S. The highest BCUT2D eigenvalue weighted by atomic mass is 32.1. The van der Waals surface area contributed by atoms with Crippen LogP contribution in [0.5, 0.6) is 0 Å². The number of carboxylic acid groups (broad SMARTS) is 1. The van der Waals surface area contributed by atoms with Crippen molar-refractivity contribution in [2.24, 2.45) is 0 Å². The molecule has 0 fully saturated rings. The van der Waals surface area contributed by atoms with Gasteiger partial charge in [0.1, 0.15) is 23.5 Å². The molecule has 94 valence electrons. The number of carbonyl (C=O) groups excluding carboxylic acids is 1. The van der Waals surface area contributed by atoms with Gasteiger partial charge in [-0.3, -0.25) is 9.59 Å². The Labute approximate surface area is 106 Å². The number of aromatic nitrogens is 2. The highest BCUT2D eigenvalue weighted by Crippen LogP contribution is 2.23. The van der Waals surface area contributed by atoms with E-state index in [9.17, 15) is 9.59 Å². The Bertz CT molecular complexity index is 583. The Balaban J connectivity index is 1.96. The first-order chi connectivity index (χ1) is 8.66. The van der Waals surface area contributed by atoms with E-state index in [0.29, 0.717) is 5.82 Å². The van der Waals surface area contributed by atoms with Gasteiger partial charge in [0.05, 0.1) is 11.9 Å². The molecule has 0 atom stereocenters. The lowest BCUT2D eigenvalue weighted by atomic mass is 10.4. The van der Waals surface area contributed by atoms with Crippen molar-refractivity contribution in [2.45, 2.75) is 0 Å². The average molecular weight is 266 g/mol. The number of nitrogens with zero attached hydrogens (tertiary/aromatic N) is 2. The molecule has 0 aromatic carbocycles. The maximum Gasteiger partial charge on any atom is 0.322 e. The minimum absolute atomic E-state index is 0.0325. The van der Waals surface area contributed by atoms with Gasteiger partial charge in [-0.05, 0) is 11.4 Å². The molecule has 0 saturated heterocycles. The molecule has 2 aromatic rings. The van der Waals surface area contributed by atoms with Gasteiger partial charge >= 0.3 is 5.97 Å². The SMILES string of the molecule is O=C(O)CNC(=O)CNc1ncnc2sccc12. The summed E-state index contributed by atoms with van der Waals surface area (Å²) in [5.41, 5.74) is 0. The zero-order valence-corrected chi connectivity index (χ0v) is 10.0. The number of hydrogen-bond acceptors (Lipinski definition) is 6. The third-order valence-corrected chi connectivity index (χ3v) is 2.94. The fourth-order valence-electron chi connectivity index (χ4n) is 1.33. The minimum atomic E-state index is -1.08. The summed E-state index contributed by atoms with van der Waals surface area (Å²) in [5.74, 6) is -0.920. The molecule has 3 N–H and O–H groups in total. The third kappa shape index (κ3) is 2.92. The number of nitrogens with one attached hydrogen (secondary N) is 2. The lowest BCUT2D eigenvalue weighted by Crippen LogP contribution is -2.34. The van der Waals surface area contributed by atoms with Crippen LogP contribution in [0.15, 0.2) is 17.8 Å². The maximum atomic E-state index is 11.3. The molecular weight excluding hydrogens is 256 g/mol. The number of amides is 1. The van der Waals surface area contributed by atoms with Gasteiger partial charge < -0.3 is 15.7 Å². The number of carbonyl (C=O) groups is 2. The molecule has 0 radical (unpaired) electrons. The van der Waals surface area contributed by atoms with Crippen molar-refractivity contribution in [3.05, 3.63) is 17.8 Å². The maximum absolute atomic E-state index is 11.3. The van der Waals surface area contributed by atoms with Gasteiger partial charge in [-0.2, -0.15) is 0 Å². The Morgan fingerprint density at radius 2 is 2.17 bits per heavy atom. The van der Waals surface area contributed by atoms with E-state index in [0.717, 1.165) is 10.2 Å². The fraction of sp³-hybridized carbons (Fsp3) is 0.200. The standard InChI is InChI=1S/C10H10N4O3S/c15-7(11-4-8(16)17)3-12-9-6-1-2-18-10(6)14-5-13-9/h1-2,5H,3-4H2,(H,11,15)(H,16,17)(H,12,13,14). The highest BCUT2D eigenvalue weighted by Gasteiger charge is 2.07. The lowest BCUT2D eigenvalue weighted by molar-refractivity contribution is -0.137. The summed E-state index contributed by atoms with van der Waals surface area (Å²) in [6.45, 7) is -0.423. The molecule has 2 aromatic heterocycles. The van der Waals surface area contributed by atoms with Gasteiger partial charge in [-0.1, -0.05) is 0 Å². The number of hydrogen-bond donors (Lipinski definition) is 3. The van der Waals surface area contributed by atoms with Crippen molar-refractivity contribution in [1.29, 1.82) is 0 Å². The first-order valence-corrected chi connectivity index (χ1v) is 5.95. The highest BCUT2D eigenvalue weighted by molar-refractivity contribution is 7.16. The summed E-state index contributed by atoms with van der Waals surface area (Å²) in [6, 6.07) is 1.86. The minimum Gasteiger partial charge on any atom is -0.480 e. The second kappa shape index (κ2) is 5.41. The van der Waals surface area contributed by atoms with Crippen LogP contribution >= 0.6 is 11.3 Å². The molecule has 1 amide bonds. The quantitative estimate of drug-likeness (QED) is 0.719. The van der Waals surface area contributed by atoms with Crippen molar-refractivity contribution in [3.8, 4) is 0 Å². The van der Waals surface area contributed by atoms with Crippen LogP contribution in [0.25, 0.3) is 10.2 Å². The Kier molecular flexibility index (Phi) is 3.68. The molecule has 7 nitrogen and oxygen atoms in total. The number of rotatable bonds is 5. The van der Waals surface area contributed by atoms with Crippen LogP contribution in [0.4, 0.5) is 5.82 Å². The van der Waals surface area contributed by atoms with Gasteiger partial charge in [0.25, 0.3) is 0 Å². The molecule has 2 rings (SSSR count). The van der Waals surface area contributed by atoms with Gasteiger partial charge in [-0.25, -0.2) is 9.97 Å². The van der Waals surface area contributed by atoms with Gasteiger partial charge in [0, 0.05) is 0 Å². The van der Waals surface area contributed by atoms with Gasteiger partial charge in [0.15, 0.2) is 0 Å². The molecule has 0 bridgehead atoms. The number of anilines is 1. The van der Waals surface area contributed by atoms with Crippen LogP contribution in [0.1, 0.15) is 0 Å². The molecule has 0 spiro atoms. The molecule has 0 saturated carbocycles. The van der Waals surface area contributed by atoms with Crippen molar-refractivity contribution in [1.82, 2.24) is 15.3 Å². The molecule has 0 aliphatic heterocycles. The largest absolute Gasteiger partial charge is 0.480 e. The van der Waals surface area contributed by atoms with Gasteiger partial charge in [0.2, 0.25) is 5.91 Å². The summed E-state index contributed by atoms with van der Waals surface area (Å²) in [7, 11) is 0. The van der Waals surface area contributed by atoms with Crippen LogP contribution in [0.3, 0.4) is 0 Å². The zero-order chi connectivity index (χ0) is 13.0. The van der Waals surface area contributed by atoms with Crippen LogP contribution in [0.2, 0.25) is 0 Å². The Morgan fingerprint density at radius 1 is 1.33 bits per heavy atom. The Morgan fingerprint density at radius 3 is 2.94 bits per heavy atom. The average Bonchev–Trinajstić information content (AvgIpc) is 2.82. The Hall–Kier alpha value is -2.22. The van der Waals surface area contributed by atoms with E-state index in [1.165, 1.54) is 17.7 Å². The van der Waals surface area contributed by atoms with E-state index in [2.05, 4.69) is 20.6 Å². The fourth-order valence-corrected chi connectivity index (χ4v) is 2.06. The molecule has 8 heteroatoms. The molecule has 18 heavy (non-hydrogen) atoms. The van der Waals surface area contributed by atoms with E-state index in [4.69, 9.17) is 5.11 Å². The number of fused-ring (bicyclic) bond motifs is 1. The first-order valence-electron chi connectivity index (χ1n) is 5.07. The smallest absolute Gasteiger partial charge is 0.322 e. The van der Waals surface area contributed by atoms with Crippen LogP contribution < -0.4 is 10.6 Å². The normalized spacial score (nSPS) is 10.2. The lowest BCUT2D eigenvalue weighted by Gasteiger charge is -2.06. The van der Waals surface area contributed by atoms with E-state index >= 15 is 0 Å². The van der Waals surface area contributed by atoms with E-state index in [1.54, 1.807) is 0 Å². The summed E-state index contributed by atoms with van der Waals surface area (Å²) >= 11 is 1.48. The summed E-state index contributed by atoms with van der Waals surface area (Å²) in [4.78, 5) is 30.5. The third-order valence-electron chi connectivity index (χ3n) is 2.11. The van der Waals surface area contributed by atoms with E-state index in [1.807, 2.05) is 11.4 Å². The molecule has 0 aliphatic rings. The molecule has 2 heterocycles. The zero-order valence-electron chi connectivity index (χ0n) is 9.21. The molecule has 0 unspecified atom stereocenters. The number of thiophene rings is 1. The number of aliphatic carboxylic acids is 1. The van der Waals surface area contributed by atoms with Crippen LogP contribution in [-0.4, -0.2) is 40.0 Å². The van der Waals surface area contributed by atoms with Crippen LogP contribution in [-0.2, 0) is 9.59 Å². The second-order valence-corrected chi connectivity index (χ2v) is 4.28. The second-order valence-electron chi connectivity index (χ2n) is 3.39. The molecule has 0 aliphatic carbocycles. The summed E-state index contributed by atoms with van der Waals surface area (Å²) < 4.78 is 0. The van der Waals surface area contributed by atoms with E-state index in [-0.39, 0.29) is 6.54 Å². The number of carboxylic acids is 1.